The van der Waals surface area contributed by atoms with E-state index in [2.05, 4.69) is 33.0 Å². The maximum Gasteiger partial charge on any atom is 0.256 e. The van der Waals surface area contributed by atoms with Gasteiger partial charge in [0.1, 0.15) is 11.6 Å². The number of hydrogen-bond acceptors (Lipinski definition) is 4. The van der Waals surface area contributed by atoms with Crippen molar-refractivity contribution in [3.05, 3.63) is 83.7 Å². The SMILES string of the molecule is O=C(Nc1ccc(NCCc2ccccc2)nn1)c1ccc(F)cc1. The third kappa shape index (κ3) is 4.84. The highest BCUT2D eigenvalue weighted by Gasteiger charge is 2.07. The van der Waals surface area contributed by atoms with E-state index in [4.69, 9.17) is 0 Å². The lowest BCUT2D eigenvalue weighted by molar-refractivity contribution is 0.102. The summed E-state index contributed by atoms with van der Waals surface area (Å²) in [4.78, 5) is 12.0. The number of halogens is 1. The van der Waals surface area contributed by atoms with E-state index in [1.54, 1.807) is 12.1 Å². The molecule has 2 aromatic carbocycles. The van der Waals surface area contributed by atoms with Crippen LogP contribution in [0.15, 0.2) is 66.7 Å². The van der Waals surface area contributed by atoms with Gasteiger partial charge in [-0.1, -0.05) is 30.3 Å². The van der Waals surface area contributed by atoms with Crippen LogP contribution in [0.3, 0.4) is 0 Å². The molecule has 0 aliphatic carbocycles. The summed E-state index contributed by atoms with van der Waals surface area (Å²) in [5.41, 5.74) is 1.60. The second kappa shape index (κ2) is 8.01. The van der Waals surface area contributed by atoms with E-state index in [0.717, 1.165) is 13.0 Å². The Kier molecular flexibility index (Phi) is 5.31. The fourth-order valence-electron chi connectivity index (χ4n) is 2.26. The highest BCUT2D eigenvalue weighted by molar-refractivity contribution is 6.03. The number of hydrogen-bond donors (Lipinski definition) is 2. The molecule has 25 heavy (non-hydrogen) atoms. The first-order valence-corrected chi connectivity index (χ1v) is 7.89. The number of nitrogens with one attached hydrogen (secondary N) is 2. The van der Waals surface area contributed by atoms with Crippen molar-refractivity contribution in [1.29, 1.82) is 0 Å². The summed E-state index contributed by atoms with van der Waals surface area (Å²) in [6.07, 6.45) is 0.881. The molecule has 1 heterocycles. The standard InChI is InChI=1S/C19H17FN4O/c20-16-8-6-15(7-9-16)19(25)22-18-11-10-17(23-24-18)21-13-12-14-4-2-1-3-5-14/h1-11H,12-13H2,(H,21,23)(H,22,24,25). The zero-order valence-corrected chi connectivity index (χ0v) is 13.4. The molecule has 0 aliphatic rings. The van der Waals surface area contributed by atoms with Crippen LogP contribution in [0.2, 0.25) is 0 Å². The Hall–Kier alpha value is -3.28. The van der Waals surface area contributed by atoms with Gasteiger partial charge < -0.3 is 10.6 Å². The Morgan fingerprint density at radius 3 is 2.24 bits per heavy atom. The van der Waals surface area contributed by atoms with Gasteiger partial charge in [-0.3, -0.25) is 4.79 Å². The normalized spacial score (nSPS) is 10.3. The monoisotopic (exact) mass is 336 g/mol. The average Bonchev–Trinajstić information content (AvgIpc) is 2.64. The predicted molar refractivity (Wildman–Crippen MR) is 95.0 cm³/mol. The topological polar surface area (TPSA) is 66.9 Å². The molecule has 5 nitrogen and oxygen atoms in total. The van der Waals surface area contributed by atoms with Crippen LogP contribution in [0, 0.1) is 5.82 Å². The number of rotatable bonds is 6. The van der Waals surface area contributed by atoms with Crippen molar-refractivity contribution in [2.45, 2.75) is 6.42 Å². The minimum Gasteiger partial charge on any atom is -0.368 e. The molecule has 0 radical (unpaired) electrons. The van der Waals surface area contributed by atoms with Crippen molar-refractivity contribution in [3.8, 4) is 0 Å². The molecular formula is C19H17FN4O. The zero-order valence-electron chi connectivity index (χ0n) is 13.4. The number of benzene rings is 2. The van der Waals surface area contributed by atoms with Gasteiger partial charge in [0.05, 0.1) is 0 Å². The lowest BCUT2D eigenvalue weighted by atomic mass is 10.1. The molecule has 3 aromatic rings. The van der Waals surface area contributed by atoms with E-state index in [1.165, 1.54) is 29.8 Å². The maximum atomic E-state index is 12.9. The Morgan fingerprint density at radius 1 is 0.880 bits per heavy atom. The molecule has 0 atom stereocenters. The number of aromatic nitrogens is 2. The molecule has 0 unspecified atom stereocenters. The van der Waals surface area contributed by atoms with Crippen molar-refractivity contribution in [1.82, 2.24) is 10.2 Å². The molecule has 0 saturated heterocycles. The third-order valence-electron chi connectivity index (χ3n) is 3.58. The van der Waals surface area contributed by atoms with E-state index >= 15 is 0 Å². The van der Waals surface area contributed by atoms with Crippen LogP contribution in [-0.4, -0.2) is 22.6 Å². The second-order valence-corrected chi connectivity index (χ2v) is 5.43. The van der Waals surface area contributed by atoms with Crippen molar-refractivity contribution in [3.63, 3.8) is 0 Å². The summed E-state index contributed by atoms with van der Waals surface area (Å²) in [5, 5.41) is 13.8. The fourth-order valence-corrected chi connectivity index (χ4v) is 2.26. The van der Waals surface area contributed by atoms with Crippen LogP contribution in [0.5, 0.6) is 0 Å². The molecule has 6 heteroatoms. The van der Waals surface area contributed by atoms with Crippen molar-refractivity contribution in [2.24, 2.45) is 0 Å². The summed E-state index contributed by atoms with van der Waals surface area (Å²) in [7, 11) is 0. The Bertz CT molecular complexity index is 820. The molecule has 0 fully saturated rings. The first-order chi connectivity index (χ1) is 12.2. The number of amides is 1. The molecule has 2 N–H and O–H groups in total. The maximum absolute atomic E-state index is 12.9. The van der Waals surface area contributed by atoms with E-state index < -0.39 is 0 Å². The summed E-state index contributed by atoms with van der Waals surface area (Å²) in [5.74, 6) is 0.222. The molecule has 0 saturated carbocycles. The summed E-state index contributed by atoms with van der Waals surface area (Å²) < 4.78 is 12.9. The molecule has 0 spiro atoms. The number of anilines is 2. The summed E-state index contributed by atoms with van der Waals surface area (Å²) in [6.45, 7) is 0.736. The van der Waals surface area contributed by atoms with Gasteiger partial charge in [-0.25, -0.2) is 4.39 Å². The molecule has 1 amide bonds. The molecular weight excluding hydrogens is 319 g/mol. The van der Waals surface area contributed by atoms with E-state index in [0.29, 0.717) is 17.2 Å². The zero-order chi connectivity index (χ0) is 17.5. The predicted octanol–water partition coefficient (Wildman–Crippen LogP) is 3.52. The van der Waals surface area contributed by atoms with Gasteiger partial charge in [0, 0.05) is 12.1 Å². The van der Waals surface area contributed by atoms with Crippen molar-refractivity contribution in [2.75, 3.05) is 17.2 Å². The lowest BCUT2D eigenvalue weighted by Crippen LogP contribution is -2.14. The first-order valence-electron chi connectivity index (χ1n) is 7.89. The van der Waals surface area contributed by atoms with E-state index in [-0.39, 0.29) is 11.7 Å². The minimum absolute atomic E-state index is 0.336. The third-order valence-corrected chi connectivity index (χ3v) is 3.58. The Balaban J connectivity index is 1.51. The van der Waals surface area contributed by atoms with Crippen LogP contribution in [0.25, 0.3) is 0 Å². The van der Waals surface area contributed by atoms with E-state index in [1.807, 2.05) is 18.2 Å². The van der Waals surface area contributed by atoms with Crippen molar-refractivity contribution >= 4 is 17.5 Å². The lowest BCUT2D eigenvalue weighted by Gasteiger charge is -2.07. The largest absolute Gasteiger partial charge is 0.368 e. The number of carbonyl (C=O) groups is 1. The fraction of sp³-hybridized carbons (Fsp3) is 0.105. The summed E-state index contributed by atoms with van der Waals surface area (Å²) >= 11 is 0. The van der Waals surface area contributed by atoms with Gasteiger partial charge >= 0.3 is 0 Å². The van der Waals surface area contributed by atoms with Gasteiger partial charge in [-0.2, -0.15) is 0 Å². The molecule has 126 valence electrons. The minimum atomic E-state index is -0.387. The molecule has 3 rings (SSSR count). The van der Waals surface area contributed by atoms with Crippen LogP contribution < -0.4 is 10.6 Å². The van der Waals surface area contributed by atoms with Crippen LogP contribution in [-0.2, 0) is 6.42 Å². The summed E-state index contributed by atoms with van der Waals surface area (Å²) in [6, 6.07) is 18.9. The Labute approximate surface area is 144 Å². The van der Waals surface area contributed by atoms with Crippen LogP contribution in [0.1, 0.15) is 15.9 Å². The molecule has 0 bridgehead atoms. The van der Waals surface area contributed by atoms with Gasteiger partial charge in [-0.15, -0.1) is 10.2 Å². The van der Waals surface area contributed by atoms with E-state index in [9.17, 15) is 9.18 Å². The van der Waals surface area contributed by atoms with Gasteiger partial charge in [0.15, 0.2) is 5.82 Å². The van der Waals surface area contributed by atoms with Crippen LogP contribution >= 0.6 is 0 Å². The van der Waals surface area contributed by atoms with Crippen molar-refractivity contribution < 1.29 is 9.18 Å². The van der Waals surface area contributed by atoms with Gasteiger partial charge in [0.25, 0.3) is 5.91 Å². The van der Waals surface area contributed by atoms with Gasteiger partial charge in [-0.05, 0) is 48.4 Å². The number of nitrogens with zero attached hydrogens (tertiary/aromatic N) is 2. The van der Waals surface area contributed by atoms with Gasteiger partial charge in [0.2, 0.25) is 0 Å². The Morgan fingerprint density at radius 2 is 1.56 bits per heavy atom. The highest BCUT2D eigenvalue weighted by Crippen LogP contribution is 2.09. The highest BCUT2D eigenvalue weighted by atomic mass is 19.1. The molecule has 1 aromatic heterocycles. The number of carbonyl (C=O) groups excluding carboxylic acids is 1. The smallest absolute Gasteiger partial charge is 0.256 e. The average molecular weight is 336 g/mol. The van der Waals surface area contributed by atoms with Crippen LogP contribution in [0.4, 0.5) is 16.0 Å². The second-order valence-electron chi connectivity index (χ2n) is 5.43. The first kappa shape index (κ1) is 16.6. The quantitative estimate of drug-likeness (QED) is 0.723. The molecule has 0 aliphatic heterocycles.